The molecule has 1 aromatic carbocycles. The Morgan fingerprint density at radius 1 is 1.14 bits per heavy atom. The Hall–Kier alpha value is -2.24. The number of esters is 1. The van der Waals surface area contributed by atoms with Crippen molar-refractivity contribution in [2.75, 3.05) is 6.61 Å². The van der Waals surface area contributed by atoms with Crippen molar-refractivity contribution in [3.05, 3.63) is 47.7 Å². The van der Waals surface area contributed by atoms with Gasteiger partial charge in [-0.2, -0.15) is 13.2 Å². The maximum atomic E-state index is 12.5. The first kappa shape index (κ1) is 15.2. The number of furan rings is 1. The molecule has 2 aromatic rings. The van der Waals surface area contributed by atoms with Crippen molar-refractivity contribution in [3.63, 3.8) is 0 Å². The van der Waals surface area contributed by atoms with Gasteiger partial charge >= 0.3 is 12.1 Å². The van der Waals surface area contributed by atoms with Gasteiger partial charge in [-0.1, -0.05) is 12.1 Å². The molecule has 0 aliphatic carbocycles. The number of hydrogen-bond donors (Lipinski definition) is 0. The lowest BCUT2D eigenvalue weighted by Crippen LogP contribution is -2.06. The molecule has 0 amide bonds. The molecule has 0 saturated carbocycles. The minimum absolute atomic E-state index is 0.00548. The highest BCUT2D eigenvalue weighted by Crippen LogP contribution is 2.31. The van der Waals surface area contributed by atoms with E-state index in [0.29, 0.717) is 17.1 Å². The minimum atomic E-state index is -4.36. The van der Waals surface area contributed by atoms with Crippen molar-refractivity contribution in [1.82, 2.24) is 0 Å². The summed E-state index contributed by atoms with van der Waals surface area (Å²) in [6.07, 6.45) is -4.37. The third kappa shape index (κ3) is 3.87. The van der Waals surface area contributed by atoms with Crippen LogP contribution in [-0.2, 0) is 22.1 Å². The van der Waals surface area contributed by atoms with Gasteiger partial charge in [0.05, 0.1) is 12.2 Å². The molecule has 2 rings (SSSR count). The van der Waals surface area contributed by atoms with Crippen molar-refractivity contribution in [2.24, 2.45) is 0 Å². The van der Waals surface area contributed by atoms with Crippen molar-refractivity contribution in [3.8, 4) is 11.3 Å². The Bertz CT molecular complexity index is 612. The predicted octanol–water partition coefficient (Wildman–Crippen LogP) is 4.07. The summed E-state index contributed by atoms with van der Waals surface area (Å²) in [7, 11) is 0. The van der Waals surface area contributed by atoms with Crippen LogP contribution in [0.5, 0.6) is 0 Å². The van der Waals surface area contributed by atoms with Gasteiger partial charge in [-0.05, 0) is 31.2 Å². The molecule has 0 aliphatic heterocycles. The lowest BCUT2D eigenvalue weighted by molar-refractivity contribution is -0.142. The van der Waals surface area contributed by atoms with E-state index in [9.17, 15) is 18.0 Å². The average molecular weight is 298 g/mol. The summed E-state index contributed by atoms with van der Waals surface area (Å²) in [5.74, 6) is 0.400. The first-order chi connectivity index (χ1) is 9.90. The highest BCUT2D eigenvalue weighted by molar-refractivity contribution is 5.72. The second-order valence-electron chi connectivity index (χ2n) is 4.32. The molecule has 0 saturated heterocycles. The quantitative estimate of drug-likeness (QED) is 0.799. The lowest BCUT2D eigenvalue weighted by Gasteiger charge is -2.06. The van der Waals surface area contributed by atoms with Gasteiger partial charge < -0.3 is 9.15 Å². The normalized spacial score (nSPS) is 11.4. The first-order valence-corrected chi connectivity index (χ1v) is 6.32. The number of carbonyl (C=O) groups is 1. The van der Waals surface area contributed by atoms with E-state index < -0.39 is 17.7 Å². The second kappa shape index (κ2) is 6.03. The number of benzene rings is 1. The Kier molecular flexibility index (Phi) is 4.35. The molecule has 112 valence electrons. The highest BCUT2D eigenvalue weighted by atomic mass is 19.4. The third-order valence-corrected chi connectivity index (χ3v) is 2.78. The molecule has 3 nitrogen and oxygen atoms in total. The molecule has 0 aliphatic rings. The van der Waals surface area contributed by atoms with Crippen LogP contribution in [0.2, 0.25) is 0 Å². The summed E-state index contributed by atoms with van der Waals surface area (Å²) in [5, 5.41) is 0. The van der Waals surface area contributed by atoms with E-state index in [0.717, 1.165) is 12.1 Å². The molecule has 1 heterocycles. The molecule has 0 N–H and O–H groups in total. The zero-order chi connectivity index (χ0) is 15.5. The smallest absolute Gasteiger partial charge is 0.416 e. The van der Waals surface area contributed by atoms with E-state index in [1.54, 1.807) is 19.1 Å². The molecule has 1 aromatic heterocycles. The van der Waals surface area contributed by atoms with Gasteiger partial charge in [0, 0.05) is 5.56 Å². The van der Waals surface area contributed by atoms with Crippen LogP contribution >= 0.6 is 0 Å². The topological polar surface area (TPSA) is 39.4 Å². The first-order valence-electron chi connectivity index (χ1n) is 6.32. The number of alkyl halides is 3. The molecule has 0 unspecified atom stereocenters. The number of rotatable bonds is 4. The molecule has 0 fully saturated rings. The number of halogens is 3. The molecule has 0 radical (unpaired) electrons. The van der Waals surface area contributed by atoms with Gasteiger partial charge in [-0.3, -0.25) is 4.79 Å². The van der Waals surface area contributed by atoms with Gasteiger partial charge in [0.15, 0.2) is 0 Å². The summed E-state index contributed by atoms with van der Waals surface area (Å²) in [6, 6.07) is 7.85. The van der Waals surface area contributed by atoms with Gasteiger partial charge in [0.2, 0.25) is 0 Å². The summed E-state index contributed by atoms with van der Waals surface area (Å²) in [4.78, 5) is 11.3. The van der Waals surface area contributed by atoms with Crippen LogP contribution in [0.15, 0.2) is 40.8 Å². The number of hydrogen-bond acceptors (Lipinski definition) is 3. The van der Waals surface area contributed by atoms with E-state index in [2.05, 4.69) is 0 Å². The molecular weight excluding hydrogens is 285 g/mol. The largest absolute Gasteiger partial charge is 0.466 e. The number of ether oxygens (including phenoxy) is 1. The Balaban J connectivity index is 2.12. The van der Waals surface area contributed by atoms with Gasteiger partial charge in [-0.15, -0.1) is 0 Å². The van der Waals surface area contributed by atoms with E-state index in [1.165, 1.54) is 12.1 Å². The van der Waals surface area contributed by atoms with E-state index in [1.807, 2.05) is 0 Å². The Morgan fingerprint density at radius 3 is 2.38 bits per heavy atom. The zero-order valence-electron chi connectivity index (χ0n) is 11.2. The molecule has 0 atom stereocenters. The Morgan fingerprint density at radius 2 is 1.81 bits per heavy atom. The van der Waals surface area contributed by atoms with Crippen molar-refractivity contribution < 1.29 is 27.1 Å². The Labute approximate surface area is 119 Å². The fourth-order valence-electron chi connectivity index (χ4n) is 1.81. The maximum absolute atomic E-state index is 12.5. The summed E-state index contributed by atoms with van der Waals surface area (Å²) < 4.78 is 47.6. The van der Waals surface area contributed by atoms with Crippen LogP contribution in [0.4, 0.5) is 13.2 Å². The SMILES string of the molecule is CCOC(=O)Cc1ccc(-c2ccc(C(F)(F)F)cc2)o1. The molecule has 0 spiro atoms. The standard InChI is InChI=1S/C15H13F3O3/c1-2-20-14(19)9-12-7-8-13(21-12)10-3-5-11(6-4-10)15(16,17)18/h3-8H,2,9H2,1H3. The third-order valence-electron chi connectivity index (χ3n) is 2.78. The average Bonchev–Trinajstić information content (AvgIpc) is 2.86. The minimum Gasteiger partial charge on any atom is -0.466 e. The van der Waals surface area contributed by atoms with Gasteiger partial charge in [0.1, 0.15) is 17.9 Å². The summed E-state index contributed by atoms with van der Waals surface area (Å²) in [6.45, 7) is 1.99. The molecule has 21 heavy (non-hydrogen) atoms. The van der Waals surface area contributed by atoms with Crippen LogP contribution in [0.25, 0.3) is 11.3 Å². The van der Waals surface area contributed by atoms with Crippen LogP contribution in [0.1, 0.15) is 18.2 Å². The van der Waals surface area contributed by atoms with E-state index >= 15 is 0 Å². The fourth-order valence-corrected chi connectivity index (χ4v) is 1.81. The highest BCUT2D eigenvalue weighted by Gasteiger charge is 2.30. The predicted molar refractivity (Wildman–Crippen MR) is 69.5 cm³/mol. The zero-order valence-corrected chi connectivity index (χ0v) is 11.2. The van der Waals surface area contributed by atoms with Crippen molar-refractivity contribution in [2.45, 2.75) is 19.5 Å². The van der Waals surface area contributed by atoms with Crippen LogP contribution in [0.3, 0.4) is 0 Å². The lowest BCUT2D eigenvalue weighted by atomic mass is 10.1. The van der Waals surface area contributed by atoms with Crippen molar-refractivity contribution >= 4 is 5.97 Å². The van der Waals surface area contributed by atoms with Gasteiger partial charge in [-0.25, -0.2) is 0 Å². The molecule has 6 heteroatoms. The monoisotopic (exact) mass is 298 g/mol. The molecule has 0 bridgehead atoms. The van der Waals surface area contributed by atoms with Crippen LogP contribution in [-0.4, -0.2) is 12.6 Å². The second-order valence-corrected chi connectivity index (χ2v) is 4.32. The van der Waals surface area contributed by atoms with Crippen molar-refractivity contribution in [1.29, 1.82) is 0 Å². The molecular formula is C15H13F3O3. The number of carbonyl (C=O) groups excluding carboxylic acids is 1. The van der Waals surface area contributed by atoms with Gasteiger partial charge in [0.25, 0.3) is 0 Å². The van der Waals surface area contributed by atoms with Crippen LogP contribution in [0, 0.1) is 0 Å². The fraction of sp³-hybridized carbons (Fsp3) is 0.267. The summed E-state index contributed by atoms with van der Waals surface area (Å²) in [5.41, 5.74) is -0.206. The summed E-state index contributed by atoms with van der Waals surface area (Å²) >= 11 is 0. The van der Waals surface area contributed by atoms with E-state index in [4.69, 9.17) is 9.15 Å². The van der Waals surface area contributed by atoms with E-state index in [-0.39, 0.29) is 13.0 Å². The maximum Gasteiger partial charge on any atom is 0.416 e. The van der Waals surface area contributed by atoms with Crippen LogP contribution < -0.4 is 0 Å².